The van der Waals surface area contributed by atoms with Gasteiger partial charge in [-0.15, -0.1) is 0 Å². The van der Waals surface area contributed by atoms with Crippen LogP contribution in [0.3, 0.4) is 0 Å². The summed E-state index contributed by atoms with van der Waals surface area (Å²) in [7, 11) is 0. The zero-order valence-corrected chi connectivity index (χ0v) is 30.8. The monoisotopic (exact) mass is 727 g/mol. The third-order valence-electron chi connectivity index (χ3n) is 11.9. The number of benzene rings is 8. The van der Waals surface area contributed by atoms with Crippen LogP contribution in [-0.4, -0.2) is 9.97 Å². The summed E-state index contributed by atoms with van der Waals surface area (Å²) in [6.07, 6.45) is 0. The van der Waals surface area contributed by atoms with Crippen molar-refractivity contribution >= 4 is 39.3 Å². The quantitative estimate of drug-likeness (QED) is 0.181. The fourth-order valence-corrected chi connectivity index (χ4v) is 9.46. The summed E-state index contributed by atoms with van der Waals surface area (Å²) in [5.41, 5.74) is 16.8. The predicted octanol–water partition coefficient (Wildman–Crippen LogP) is 13.5. The topological polar surface area (TPSA) is 42.2 Å². The van der Waals surface area contributed by atoms with Crippen LogP contribution in [0.1, 0.15) is 22.3 Å². The van der Waals surface area contributed by atoms with Crippen LogP contribution in [-0.2, 0) is 5.41 Å². The van der Waals surface area contributed by atoms with Gasteiger partial charge in [-0.05, 0) is 80.9 Å². The van der Waals surface area contributed by atoms with E-state index in [4.69, 9.17) is 14.4 Å². The van der Waals surface area contributed by atoms with Gasteiger partial charge < -0.3 is 4.42 Å². The highest BCUT2D eigenvalue weighted by atomic mass is 16.3. The van der Waals surface area contributed by atoms with Crippen molar-refractivity contribution in [1.29, 1.82) is 0 Å². The van der Waals surface area contributed by atoms with E-state index in [1.807, 2.05) is 24.3 Å². The Morgan fingerprint density at radius 3 is 1.60 bits per heavy atom. The Bertz CT molecular complexity index is 3100. The van der Waals surface area contributed by atoms with Crippen LogP contribution in [0, 0.1) is 0 Å². The minimum absolute atomic E-state index is 0.571. The molecule has 0 unspecified atom stereocenters. The lowest BCUT2D eigenvalue weighted by Gasteiger charge is -2.44. The van der Waals surface area contributed by atoms with Gasteiger partial charge in [0.05, 0.1) is 28.2 Å². The van der Waals surface area contributed by atoms with Crippen LogP contribution in [0.4, 0.5) is 17.3 Å². The Morgan fingerprint density at radius 2 is 0.895 bits per heavy atom. The molecule has 0 N–H and O–H groups in total. The summed E-state index contributed by atoms with van der Waals surface area (Å²) in [4.78, 5) is 13.2. The number of fused-ring (bicyclic) bond motifs is 12. The molecule has 3 heterocycles. The maximum Gasteiger partial charge on any atom is 0.235 e. The van der Waals surface area contributed by atoms with E-state index in [0.29, 0.717) is 5.95 Å². The van der Waals surface area contributed by atoms with Crippen molar-refractivity contribution in [2.45, 2.75) is 5.41 Å². The van der Waals surface area contributed by atoms with Gasteiger partial charge in [0, 0.05) is 21.9 Å². The minimum atomic E-state index is -0.571. The molecule has 4 nitrogen and oxygen atoms in total. The van der Waals surface area contributed by atoms with Crippen molar-refractivity contribution in [1.82, 2.24) is 9.97 Å². The molecule has 0 radical (unpaired) electrons. The zero-order valence-electron chi connectivity index (χ0n) is 30.8. The number of aromatic nitrogens is 2. The molecule has 0 saturated heterocycles. The molecule has 8 aromatic carbocycles. The first kappa shape index (κ1) is 31.8. The maximum absolute atomic E-state index is 6.25. The Balaban J connectivity index is 1.17. The van der Waals surface area contributed by atoms with Gasteiger partial charge >= 0.3 is 0 Å². The van der Waals surface area contributed by atoms with Crippen LogP contribution in [0.25, 0.3) is 66.7 Å². The number of para-hydroxylation sites is 2. The smallest absolute Gasteiger partial charge is 0.235 e. The van der Waals surface area contributed by atoms with E-state index < -0.39 is 5.41 Å². The van der Waals surface area contributed by atoms with E-state index in [9.17, 15) is 0 Å². The van der Waals surface area contributed by atoms with Crippen molar-refractivity contribution in [2.24, 2.45) is 0 Å². The summed E-state index contributed by atoms with van der Waals surface area (Å²) in [5.74, 6) is 0.617. The molecular weight excluding hydrogens is 695 g/mol. The van der Waals surface area contributed by atoms with Gasteiger partial charge in [-0.2, -0.15) is 0 Å². The Hall–Kier alpha value is -7.56. The van der Waals surface area contributed by atoms with Crippen LogP contribution in [0.5, 0.6) is 0 Å². The molecule has 12 rings (SSSR count). The fraction of sp³-hybridized carbons (Fsp3) is 0.0189. The van der Waals surface area contributed by atoms with Gasteiger partial charge in [-0.1, -0.05) is 164 Å². The Kier molecular flexibility index (Phi) is 6.81. The standard InChI is InChI=1S/C53H33N3O/c1-3-15-34(16-4-1)46-33-47(35-17-5-2-6-18-35)55-52(54-46)56-48-25-13-12-24-44(48)53(42-22-10-7-19-38(42)39-20-8-11-23-43(39)53)45-29-27-37(32-49(45)56)36-28-30-51-41(31-36)40-21-9-14-26-50(40)57-51/h1-33H. The van der Waals surface area contributed by atoms with E-state index in [0.717, 1.165) is 67.0 Å². The average Bonchev–Trinajstić information content (AvgIpc) is 3.80. The molecule has 10 aromatic rings. The van der Waals surface area contributed by atoms with Gasteiger partial charge in [-0.3, -0.25) is 4.90 Å². The van der Waals surface area contributed by atoms with Crippen molar-refractivity contribution in [3.8, 4) is 44.8 Å². The molecule has 0 fully saturated rings. The van der Waals surface area contributed by atoms with Crippen LogP contribution >= 0.6 is 0 Å². The molecule has 0 atom stereocenters. The van der Waals surface area contributed by atoms with Crippen LogP contribution in [0.2, 0.25) is 0 Å². The highest BCUT2D eigenvalue weighted by Gasteiger charge is 2.52. The van der Waals surface area contributed by atoms with Crippen molar-refractivity contribution < 1.29 is 4.42 Å². The molecular formula is C53H33N3O. The SMILES string of the molecule is c1ccc(-c2cc(-c3ccccc3)nc(N3c4ccccc4C4(c5ccccc5-c5ccccc54)c4ccc(-c5ccc6oc7ccccc7c6c5)cc43)n2)cc1. The number of furan rings is 1. The summed E-state index contributed by atoms with van der Waals surface area (Å²) < 4.78 is 6.25. The molecule has 2 aliphatic rings. The normalized spacial score (nSPS) is 13.4. The van der Waals surface area contributed by atoms with E-state index in [1.54, 1.807) is 0 Å². The van der Waals surface area contributed by atoms with Gasteiger partial charge in [-0.25, -0.2) is 9.97 Å². The molecule has 1 spiro atoms. The second-order valence-corrected chi connectivity index (χ2v) is 14.9. The summed E-state index contributed by atoms with van der Waals surface area (Å²) in [5, 5.41) is 2.21. The number of hydrogen-bond acceptors (Lipinski definition) is 4. The molecule has 1 aliphatic heterocycles. The molecule has 57 heavy (non-hydrogen) atoms. The van der Waals surface area contributed by atoms with Gasteiger partial charge in [0.1, 0.15) is 11.2 Å². The summed E-state index contributed by atoms with van der Waals surface area (Å²) in [6, 6.07) is 71.4. The fourth-order valence-electron chi connectivity index (χ4n) is 9.46. The van der Waals surface area contributed by atoms with Gasteiger partial charge in [0.15, 0.2) is 0 Å². The van der Waals surface area contributed by atoms with Crippen molar-refractivity contribution in [3.63, 3.8) is 0 Å². The Labute approximate surface area is 330 Å². The van der Waals surface area contributed by atoms with Crippen molar-refractivity contribution in [2.75, 3.05) is 4.90 Å². The summed E-state index contributed by atoms with van der Waals surface area (Å²) >= 11 is 0. The number of nitrogens with zero attached hydrogens (tertiary/aromatic N) is 3. The molecule has 266 valence electrons. The second kappa shape index (κ2) is 12.2. The highest BCUT2D eigenvalue weighted by Crippen LogP contribution is 2.63. The highest BCUT2D eigenvalue weighted by molar-refractivity contribution is 6.06. The molecule has 4 heteroatoms. The molecule has 0 bridgehead atoms. The van der Waals surface area contributed by atoms with E-state index in [1.165, 1.54) is 33.4 Å². The third-order valence-corrected chi connectivity index (χ3v) is 11.9. The molecule has 0 amide bonds. The summed E-state index contributed by atoms with van der Waals surface area (Å²) in [6.45, 7) is 0. The third kappa shape index (κ3) is 4.62. The van der Waals surface area contributed by atoms with E-state index in [2.05, 4.69) is 181 Å². The lowest BCUT2D eigenvalue weighted by atomic mass is 9.64. The van der Waals surface area contributed by atoms with E-state index >= 15 is 0 Å². The first-order chi connectivity index (χ1) is 28.3. The number of rotatable bonds is 4. The first-order valence-corrected chi connectivity index (χ1v) is 19.4. The van der Waals surface area contributed by atoms with Gasteiger partial charge in [0.2, 0.25) is 5.95 Å². The maximum atomic E-state index is 6.25. The predicted molar refractivity (Wildman–Crippen MR) is 231 cm³/mol. The minimum Gasteiger partial charge on any atom is -0.456 e. The lowest BCUT2D eigenvalue weighted by Crippen LogP contribution is -2.36. The van der Waals surface area contributed by atoms with Crippen LogP contribution in [0.15, 0.2) is 205 Å². The molecule has 2 aromatic heterocycles. The van der Waals surface area contributed by atoms with E-state index in [-0.39, 0.29) is 0 Å². The zero-order chi connectivity index (χ0) is 37.5. The van der Waals surface area contributed by atoms with Crippen LogP contribution < -0.4 is 4.90 Å². The second-order valence-electron chi connectivity index (χ2n) is 14.9. The number of hydrogen-bond donors (Lipinski definition) is 0. The molecule has 1 aliphatic carbocycles. The van der Waals surface area contributed by atoms with Crippen molar-refractivity contribution in [3.05, 3.63) is 222 Å². The molecule has 0 saturated carbocycles. The lowest BCUT2D eigenvalue weighted by molar-refractivity contribution is 0.669. The largest absolute Gasteiger partial charge is 0.456 e. The Morgan fingerprint density at radius 1 is 0.368 bits per heavy atom. The van der Waals surface area contributed by atoms with Gasteiger partial charge in [0.25, 0.3) is 0 Å². The average molecular weight is 728 g/mol. The first-order valence-electron chi connectivity index (χ1n) is 19.4. The number of anilines is 3.